The summed E-state index contributed by atoms with van der Waals surface area (Å²) in [5.41, 5.74) is 3.45. The maximum absolute atomic E-state index is 13.8. The third-order valence-electron chi connectivity index (χ3n) is 11.8. The first-order valence-electron chi connectivity index (χ1n) is 24.9. The molecule has 2 aliphatic heterocycles. The summed E-state index contributed by atoms with van der Waals surface area (Å²) in [6.07, 6.45) is 1.50. The summed E-state index contributed by atoms with van der Waals surface area (Å²) in [6.45, 7) is 12.3. The SMILES string of the molecule is COC(=O)CC(C(=O)O)N(C)C(=O)OC(C)(C)C.COC(=O)C[C@H](C(=O)N1CCc2cc(OCCCc3ccc(F)cc3F)ccc21)N(C)C(=O)OC(C)(C)C.Cl.Fc1ccc(CCCOc2ccc3c(c2)CCN3)c(F)c1. The van der Waals surface area contributed by atoms with Crippen molar-refractivity contribution in [3.8, 4) is 11.5 Å². The molecule has 0 aliphatic carbocycles. The number of carbonyl (C=O) groups is 6. The maximum atomic E-state index is 13.8. The van der Waals surface area contributed by atoms with Crippen LogP contribution in [0.25, 0.3) is 0 Å². The number of carboxylic acid groups (broad SMARTS) is 1. The molecule has 78 heavy (non-hydrogen) atoms. The van der Waals surface area contributed by atoms with Crippen LogP contribution in [0, 0.1) is 23.3 Å². The van der Waals surface area contributed by atoms with E-state index in [0.717, 1.165) is 53.3 Å². The molecule has 2 heterocycles. The van der Waals surface area contributed by atoms with Crippen molar-refractivity contribution in [1.82, 2.24) is 9.80 Å². The van der Waals surface area contributed by atoms with Gasteiger partial charge in [-0.25, -0.2) is 31.9 Å². The van der Waals surface area contributed by atoms with E-state index >= 15 is 0 Å². The number of hydrogen-bond acceptors (Lipinski definition) is 13. The normalized spacial score (nSPS) is 12.9. The highest BCUT2D eigenvalue weighted by molar-refractivity contribution is 6.02. The molecule has 0 spiro atoms. The van der Waals surface area contributed by atoms with Crippen molar-refractivity contribution in [3.63, 3.8) is 0 Å². The van der Waals surface area contributed by atoms with Crippen LogP contribution in [0.15, 0.2) is 72.8 Å². The number of hydrogen-bond donors (Lipinski definition) is 2. The number of halogens is 5. The molecule has 2 N–H and O–H groups in total. The summed E-state index contributed by atoms with van der Waals surface area (Å²) in [4.78, 5) is 75.5. The minimum atomic E-state index is -1.31. The Labute approximate surface area is 458 Å². The number of amides is 3. The lowest BCUT2D eigenvalue weighted by atomic mass is 10.1. The van der Waals surface area contributed by atoms with Gasteiger partial charge in [-0.1, -0.05) is 12.1 Å². The highest BCUT2D eigenvalue weighted by atomic mass is 35.5. The van der Waals surface area contributed by atoms with Crippen LogP contribution in [-0.2, 0) is 63.8 Å². The molecule has 2 atom stereocenters. The van der Waals surface area contributed by atoms with Crippen LogP contribution in [0.2, 0.25) is 0 Å². The quantitative estimate of drug-likeness (QED) is 0.0413. The first-order valence-corrected chi connectivity index (χ1v) is 24.9. The molecule has 0 aromatic heterocycles. The van der Waals surface area contributed by atoms with Crippen molar-refractivity contribution in [2.45, 2.75) is 116 Å². The van der Waals surface area contributed by atoms with Crippen molar-refractivity contribution < 1.29 is 79.9 Å². The van der Waals surface area contributed by atoms with Crippen LogP contribution in [0.1, 0.15) is 89.5 Å². The fourth-order valence-electron chi connectivity index (χ4n) is 7.79. The molecule has 1 unspecified atom stereocenters. The van der Waals surface area contributed by atoms with Crippen molar-refractivity contribution in [3.05, 3.63) is 118 Å². The summed E-state index contributed by atoms with van der Waals surface area (Å²) >= 11 is 0. The summed E-state index contributed by atoms with van der Waals surface area (Å²) in [7, 11) is 5.05. The smallest absolute Gasteiger partial charge is 0.410 e. The zero-order valence-electron chi connectivity index (χ0n) is 45.7. The predicted octanol–water partition coefficient (Wildman–Crippen LogP) is 9.90. The number of benzene rings is 4. The number of nitrogens with one attached hydrogen (secondary N) is 1. The molecule has 6 rings (SSSR count). The van der Waals surface area contributed by atoms with E-state index in [9.17, 15) is 46.3 Å². The van der Waals surface area contributed by atoms with Crippen LogP contribution in [0.5, 0.6) is 11.5 Å². The van der Waals surface area contributed by atoms with Crippen molar-refractivity contribution in [2.24, 2.45) is 0 Å². The van der Waals surface area contributed by atoms with E-state index in [4.69, 9.17) is 28.8 Å². The second-order valence-electron chi connectivity index (χ2n) is 20.0. The summed E-state index contributed by atoms with van der Waals surface area (Å²) in [6, 6.07) is 16.2. The second-order valence-corrected chi connectivity index (χ2v) is 20.0. The van der Waals surface area contributed by atoms with Crippen LogP contribution in [-0.4, -0.2) is 129 Å². The summed E-state index contributed by atoms with van der Waals surface area (Å²) in [5, 5.41) is 12.3. The Morgan fingerprint density at radius 2 is 1.10 bits per heavy atom. The zero-order valence-corrected chi connectivity index (χ0v) is 46.5. The van der Waals surface area contributed by atoms with Gasteiger partial charge in [-0.3, -0.25) is 24.2 Å². The number of likely N-dealkylation sites (N-methyl/N-ethyl adjacent to an activating group) is 2. The largest absolute Gasteiger partial charge is 0.494 e. The number of methoxy groups -OCH3 is 2. The average Bonchev–Trinajstić information content (AvgIpc) is 4.02. The topological polar surface area (TPSA) is 200 Å². The van der Waals surface area contributed by atoms with Crippen molar-refractivity contribution in [1.29, 1.82) is 0 Å². The highest BCUT2D eigenvalue weighted by Crippen LogP contribution is 2.33. The van der Waals surface area contributed by atoms with Crippen LogP contribution in [0.4, 0.5) is 38.5 Å². The first-order chi connectivity index (χ1) is 36.2. The molecular weight excluding hydrogens is 1050 g/mol. The Balaban J connectivity index is 0.000000337. The monoisotopic (exact) mass is 1120 g/mol. The van der Waals surface area contributed by atoms with E-state index in [0.29, 0.717) is 74.4 Å². The van der Waals surface area contributed by atoms with E-state index < -0.39 is 89.0 Å². The number of nitrogens with zero attached hydrogens (tertiary/aromatic N) is 3. The fourth-order valence-corrected chi connectivity index (χ4v) is 7.79. The van der Waals surface area contributed by atoms with Gasteiger partial charge in [0.2, 0.25) is 0 Å². The Hall–Kier alpha value is -7.29. The van der Waals surface area contributed by atoms with E-state index in [2.05, 4.69) is 10.1 Å². The third-order valence-corrected chi connectivity index (χ3v) is 11.8. The van der Waals surface area contributed by atoms with E-state index in [-0.39, 0.29) is 18.8 Å². The molecule has 22 heteroatoms. The van der Waals surface area contributed by atoms with Gasteiger partial charge in [0.15, 0.2) is 0 Å². The van der Waals surface area contributed by atoms with Crippen molar-refractivity contribution in [2.75, 3.05) is 64.8 Å². The number of rotatable bonds is 18. The second kappa shape index (κ2) is 30.0. The molecule has 2 aliphatic rings. The number of ether oxygens (including phenoxy) is 6. The zero-order chi connectivity index (χ0) is 57.2. The van der Waals surface area contributed by atoms with Crippen molar-refractivity contribution >= 4 is 59.8 Å². The third kappa shape index (κ3) is 20.6. The van der Waals surface area contributed by atoms with Gasteiger partial charge in [0.1, 0.15) is 58.1 Å². The molecule has 0 fully saturated rings. The van der Waals surface area contributed by atoms with Gasteiger partial charge in [-0.05, 0) is 151 Å². The van der Waals surface area contributed by atoms with E-state index in [1.807, 2.05) is 24.3 Å². The van der Waals surface area contributed by atoms with Gasteiger partial charge < -0.3 is 43.7 Å². The highest BCUT2D eigenvalue weighted by Gasteiger charge is 2.38. The van der Waals surface area contributed by atoms with Gasteiger partial charge in [-0.15, -0.1) is 12.4 Å². The number of aliphatic carboxylic acids is 1. The van der Waals surface area contributed by atoms with Crippen LogP contribution in [0.3, 0.4) is 0 Å². The van der Waals surface area contributed by atoms with Gasteiger partial charge in [-0.2, -0.15) is 0 Å². The fraction of sp³-hybridized carbons (Fsp3) is 0.464. The van der Waals surface area contributed by atoms with Crippen LogP contribution < -0.4 is 19.7 Å². The van der Waals surface area contributed by atoms with Crippen LogP contribution >= 0.6 is 12.4 Å². The molecule has 17 nitrogen and oxygen atoms in total. The Bertz CT molecular complexity index is 2700. The number of carbonyl (C=O) groups excluding carboxylic acids is 5. The lowest BCUT2D eigenvalue weighted by molar-refractivity contribution is -0.150. The number of fused-ring (bicyclic) bond motifs is 2. The van der Waals surface area contributed by atoms with Gasteiger partial charge in [0, 0.05) is 50.7 Å². The molecule has 428 valence electrons. The minimum Gasteiger partial charge on any atom is -0.494 e. The minimum absolute atomic E-state index is 0. The molecule has 0 bridgehead atoms. The Morgan fingerprint density at radius 1 is 0.641 bits per heavy atom. The Morgan fingerprint density at radius 3 is 1.56 bits per heavy atom. The Kier molecular flexibility index (Phi) is 25.0. The number of esters is 2. The molecule has 0 saturated heterocycles. The standard InChI is InChI=1S/C28H34F2N2O6.C17H17F2NO.C11H19NO6.ClH/c1-28(2,3)38-27(35)31(4)24(17-25(33)36-5)26(34)32-13-12-19-15-21(10-11-23(19)32)37-14-6-7-18-8-9-20(29)16-22(18)30;18-14-4-3-12(16(19)11-14)2-1-9-21-15-5-6-17-13(10-15)7-8-20-17;1-11(2,3)18-10(16)12(4)7(9(14)15)6-8(13)17-5;/h8-11,15-16,24H,6-7,12-14,17H2,1-5H3;3-6,10-11,20H,1-2,7-9H2;7H,6H2,1-5H3,(H,14,15);1H/t24-;;;/m1.../s1. The molecule has 3 amide bonds. The molecular formula is C56H71ClF4N4O13. The molecule has 0 saturated carbocycles. The lowest BCUT2D eigenvalue weighted by Gasteiger charge is -2.32. The molecule has 4 aromatic carbocycles. The average molecular weight is 1120 g/mol. The van der Waals surface area contributed by atoms with E-state index in [1.165, 1.54) is 56.7 Å². The number of aryl methyl sites for hydroxylation is 2. The molecule has 0 radical (unpaired) electrons. The van der Waals surface area contributed by atoms with Gasteiger partial charge >= 0.3 is 30.1 Å². The van der Waals surface area contributed by atoms with E-state index in [1.54, 1.807) is 58.6 Å². The number of carboxylic acids is 1. The molecule has 4 aromatic rings. The van der Waals surface area contributed by atoms with Gasteiger partial charge in [0.25, 0.3) is 5.91 Å². The predicted molar refractivity (Wildman–Crippen MR) is 285 cm³/mol. The lowest BCUT2D eigenvalue weighted by Crippen LogP contribution is -2.51. The number of anilines is 2. The van der Waals surface area contributed by atoms with Gasteiger partial charge in [0.05, 0.1) is 40.3 Å². The summed E-state index contributed by atoms with van der Waals surface area (Å²) < 4.78 is 84.2. The maximum Gasteiger partial charge on any atom is 0.410 e. The first kappa shape index (κ1) is 65.0. The summed E-state index contributed by atoms with van der Waals surface area (Å²) in [5.74, 6) is -3.81.